The monoisotopic (exact) mass is 307 g/mol. The molecule has 1 aliphatic carbocycles. The van der Waals surface area contributed by atoms with Crippen molar-refractivity contribution in [2.24, 2.45) is 5.41 Å². The Labute approximate surface area is 117 Å². The first-order valence-corrected chi connectivity index (χ1v) is 7.32. The van der Waals surface area contributed by atoms with Gasteiger partial charge in [-0.3, -0.25) is 0 Å². The van der Waals surface area contributed by atoms with Gasteiger partial charge in [0.1, 0.15) is 0 Å². The molecule has 1 unspecified atom stereocenters. The molecule has 18 heavy (non-hydrogen) atoms. The Kier molecular flexibility index (Phi) is 4.42. The number of halogens is 1. The first kappa shape index (κ1) is 13.6. The summed E-state index contributed by atoms with van der Waals surface area (Å²) in [6.07, 6.45) is 5.38. The fraction of sp³-hybridized carbons (Fsp3) is 0.533. The number of aliphatic hydroxyl groups excluding tert-OH is 1. The smallest absolute Gasteiger partial charge is 0.0976 e. The van der Waals surface area contributed by atoms with Crippen LogP contribution >= 0.6 is 15.9 Å². The topological polar surface area (TPSA) is 44.0 Å². The summed E-state index contributed by atoms with van der Waals surface area (Å²) < 4.78 is 0.991. The van der Waals surface area contributed by atoms with E-state index in [0.29, 0.717) is 0 Å². The van der Waals surface area contributed by atoms with E-state index in [9.17, 15) is 10.4 Å². The zero-order valence-corrected chi connectivity index (χ0v) is 12.0. The van der Waals surface area contributed by atoms with Crippen LogP contribution in [0.15, 0.2) is 28.7 Å². The molecule has 1 fully saturated rings. The van der Waals surface area contributed by atoms with Gasteiger partial charge < -0.3 is 5.11 Å². The molecule has 2 nitrogen and oxygen atoms in total. The second kappa shape index (κ2) is 5.86. The summed E-state index contributed by atoms with van der Waals surface area (Å²) in [5.74, 6) is 0. The van der Waals surface area contributed by atoms with Crippen LogP contribution in [0.5, 0.6) is 0 Å². The standard InChI is InChI=1S/C15H18BrNO/c16-13-7-5-12(6-8-13)14(18)15(11-17)9-3-1-2-4-10-15/h5-8,14,18H,1-4,9-10H2. The zero-order valence-electron chi connectivity index (χ0n) is 10.4. The van der Waals surface area contributed by atoms with E-state index in [4.69, 9.17) is 0 Å². The van der Waals surface area contributed by atoms with Crippen molar-refractivity contribution in [1.82, 2.24) is 0 Å². The van der Waals surface area contributed by atoms with Crippen LogP contribution in [0.1, 0.15) is 50.2 Å². The number of hydrogen-bond donors (Lipinski definition) is 1. The molecule has 1 aliphatic rings. The maximum Gasteiger partial charge on any atom is 0.0976 e. The summed E-state index contributed by atoms with van der Waals surface area (Å²) in [5, 5.41) is 20.1. The fourth-order valence-corrected chi connectivity index (χ4v) is 3.03. The van der Waals surface area contributed by atoms with Crippen LogP contribution in [0.4, 0.5) is 0 Å². The Morgan fingerprint density at radius 2 is 1.67 bits per heavy atom. The van der Waals surface area contributed by atoms with Crippen LogP contribution < -0.4 is 0 Å². The average Bonchev–Trinajstić information content (AvgIpc) is 2.65. The Morgan fingerprint density at radius 3 is 2.17 bits per heavy atom. The highest BCUT2D eigenvalue weighted by molar-refractivity contribution is 9.10. The molecule has 0 radical (unpaired) electrons. The van der Waals surface area contributed by atoms with Crippen molar-refractivity contribution in [1.29, 1.82) is 5.26 Å². The van der Waals surface area contributed by atoms with Gasteiger partial charge in [-0.05, 0) is 30.5 Å². The van der Waals surface area contributed by atoms with Crippen molar-refractivity contribution >= 4 is 15.9 Å². The lowest BCUT2D eigenvalue weighted by atomic mass is 9.74. The second-order valence-electron chi connectivity index (χ2n) is 5.14. The molecular formula is C15H18BrNO. The van der Waals surface area contributed by atoms with Crippen LogP contribution in [0.25, 0.3) is 0 Å². The van der Waals surface area contributed by atoms with E-state index in [1.54, 1.807) is 0 Å². The van der Waals surface area contributed by atoms with Crippen molar-refractivity contribution in [3.63, 3.8) is 0 Å². The number of benzene rings is 1. The summed E-state index contributed by atoms with van der Waals surface area (Å²) in [6, 6.07) is 10.0. The van der Waals surface area contributed by atoms with E-state index in [2.05, 4.69) is 22.0 Å². The minimum atomic E-state index is -0.673. The molecular weight excluding hydrogens is 290 g/mol. The summed E-state index contributed by atoms with van der Waals surface area (Å²) in [7, 11) is 0. The molecule has 96 valence electrons. The first-order chi connectivity index (χ1) is 8.68. The highest BCUT2D eigenvalue weighted by Gasteiger charge is 2.39. The summed E-state index contributed by atoms with van der Waals surface area (Å²) in [5.41, 5.74) is 0.256. The summed E-state index contributed by atoms with van der Waals surface area (Å²) in [4.78, 5) is 0. The van der Waals surface area contributed by atoms with E-state index < -0.39 is 11.5 Å². The number of aliphatic hydroxyl groups is 1. The lowest BCUT2D eigenvalue weighted by Crippen LogP contribution is -2.27. The van der Waals surface area contributed by atoms with Gasteiger partial charge in [0.15, 0.2) is 0 Å². The molecule has 0 aromatic heterocycles. The van der Waals surface area contributed by atoms with E-state index in [0.717, 1.165) is 35.7 Å². The van der Waals surface area contributed by atoms with Gasteiger partial charge in [0.05, 0.1) is 17.6 Å². The van der Waals surface area contributed by atoms with Gasteiger partial charge in [-0.1, -0.05) is 53.7 Å². The van der Waals surface area contributed by atoms with Gasteiger partial charge in [-0.15, -0.1) is 0 Å². The molecule has 0 bridgehead atoms. The third kappa shape index (κ3) is 2.76. The zero-order chi connectivity index (χ0) is 13.0. The van der Waals surface area contributed by atoms with E-state index in [-0.39, 0.29) is 0 Å². The SMILES string of the molecule is N#CC1(C(O)c2ccc(Br)cc2)CCCCCC1. The number of nitriles is 1. The Balaban J connectivity index is 2.26. The Morgan fingerprint density at radius 1 is 1.11 bits per heavy atom. The van der Waals surface area contributed by atoms with Gasteiger partial charge in [0.2, 0.25) is 0 Å². The highest BCUT2D eigenvalue weighted by Crippen LogP contribution is 2.44. The lowest BCUT2D eigenvalue weighted by Gasteiger charge is -2.30. The van der Waals surface area contributed by atoms with Crippen LogP contribution in [-0.4, -0.2) is 5.11 Å². The van der Waals surface area contributed by atoms with Crippen LogP contribution in [0.2, 0.25) is 0 Å². The second-order valence-corrected chi connectivity index (χ2v) is 6.05. The van der Waals surface area contributed by atoms with Crippen molar-refractivity contribution in [2.75, 3.05) is 0 Å². The lowest BCUT2D eigenvalue weighted by molar-refractivity contribution is 0.0516. The number of hydrogen-bond acceptors (Lipinski definition) is 2. The molecule has 1 atom stereocenters. The van der Waals surface area contributed by atoms with Crippen LogP contribution in [-0.2, 0) is 0 Å². The summed E-state index contributed by atoms with van der Waals surface area (Å²) in [6.45, 7) is 0. The number of nitrogens with zero attached hydrogens (tertiary/aromatic N) is 1. The van der Waals surface area contributed by atoms with Gasteiger partial charge >= 0.3 is 0 Å². The predicted molar refractivity (Wildman–Crippen MR) is 74.8 cm³/mol. The maximum absolute atomic E-state index is 10.6. The molecule has 0 heterocycles. The largest absolute Gasteiger partial charge is 0.387 e. The first-order valence-electron chi connectivity index (χ1n) is 6.53. The third-order valence-corrected chi connectivity index (χ3v) is 4.46. The van der Waals surface area contributed by atoms with Crippen molar-refractivity contribution in [2.45, 2.75) is 44.6 Å². The van der Waals surface area contributed by atoms with E-state index in [1.165, 1.54) is 12.8 Å². The molecule has 1 N–H and O–H groups in total. The average molecular weight is 308 g/mol. The van der Waals surface area contributed by atoms with E-state index in [1.807, 2.05) is 24.3 Å². The predicted octanol–water partition coefficient (Wildman–Crippen LogP) is 4.35. The van der Waals surface area contributed by atoms with E-state index >= 15 is 0 Å². The third-order valence-electron chi connectivity index (χ3n) is 3.93. The van der Waals surface area contributed by atoms with Gasteiger partial charge in [-0.25, -0.2) is 0 Å². The molecule has 1 aromatic rings. The van der Waals surface area contributed by atoms with Crippen LogP contribution in [0, 0.1) is 16.7 Å². The van der Waals surface area contributed by atoms with Gasteiger partial charge in [0.25, 0.3) is 0 Å². The molecule has 0 aliphatic heterocycles. The molecule has 3 heteroatoms. The minimum absolute atomic E-state index is 0.593. The summed E-state index contributed by atoms with van der Waals surface area (Å²) >= 11 is 3.39. The maximum atomic E-state index is 10.6. The molecule has 0 saturated heterocycles. The Hall–Kier alpha value is -0.850. The fourth-order valence-electron chi connectivity index (χ4n) is 2.77. The van der Waals surface area contributed by atoms with Gasteiger partial charge in [0, 0.05) is 4.47 Å². The quantitative estimate of drug-likeness (QED) is 0.826. The van der Waals surface area contributed by atoms with Gasteiger partial charge in [-0.2, -0.15) is 5.26 Å². The number of rotatable bonds is 2. The molecule has 0 spiro atoms. The minimum Gasteiger partial charge on any atom is -0.387 e. The molecule has 1 aromatic carbocycles. The molecule has 2 rings (SSSR count). The van der Waals surface area contributed by atoms with Crippen LogP contribution in [0.3, 0.4) is 0 Å². The normalized spacial score (nSPS) is 20.7. The molecule has 0 amide bonds. The molecule has 1 saturated carbocycles. The van der Waals surface area contributed by atoms with Crippen molar-refractivity contribution < 1.29 is 5.11 Å². The highest BCUT2D eigenvalue weighted by atomic mass is 79.9. The van der Waals surface area contributed by atoms with Crippen molar-refractivity contribution in [3.8, 4) is 6.07 Å². The Bertz CT molecular complexity index is 427. The van der Waals surface area contributed by atoms with Crippen molar-refractivity contribution in [3.05, 3.63) is 34.3 Å².